The Morgan fingerprint density at radius 1 is 1.26 bits per heavy atom. The molecule has 1 amide bonds. The fraction of sp³-hybridized carbons (Fsp3) is 0.409. The Labute approximate surface area is 195 Å². The molecule has 0 bridgehead atoms. The van der Waals surface area contributed by atoms with Crippen LogP contribution in [0.25, 0.3) is 16.7 Å². The molecule has 31 heavy (non-hydrogen) atoms. The van der Waals surface area contributed by atoms with Gasteiger partial charge in [0.25, 0.3) is 0 Å². The van der Waals surface area contributed by atoms with Gasteiger partial charge in [-0.3, -0.25) is 4.57 Å². The van der Waals surface area contributed by atoms with Crippen LogP contribution in [0.15, 0.2) is 41.3 Å². The first-order chi connectivity index (χ1) is 14.6. The number of rotatable bonds is 2. The molecule has 1 aliphatic rings. The van der Waals surface area contributed by atoms with Crippen LogP contribution >= 0.6 is 27.5 Å². The molecule has 4 rings (SSSR count). The molecule has 1 fully saturated rings. The van der Waals surface area contributed by atoms with E-state index in [4.69, 9.17) is 16.3 Å². The van der Waals surface area contributed by atoms with Crippen LogP contribution in [0.2, 0.25) is 5.02 Å². The van der Waals surface area contributed by atoms with Gasteiger partial charge in [0.2, 0.25) is 0 Å². The molecule has 1 aliphatic heterocycles. The lowest BCUT2D eigenvalue weighted by Crippen LogP contribution is -2.54. The normalized spacial score (nSPS) is 17.3. The summed E-state index contributed by atoms with van der Waals surface area (Å²) in [6.45, 7) is 9.51. The molecule has 1 unspecified atom stereocenters. The molecule has 0 aliphatic carbocycles. The van der Waals surface area contributed by atoms with Crippen molar-refractivity contribution in [3.8, 4) is 5.69 Å². The number of fused-ring (bicyclic) bond motifs is 1. The number of ether oxygens (including phenoxy) is 1. The summed E-state index contributed by atoms with van der Waals surface area (Å²) in [6, 6.07) is 7.72. The zero-order valence-corrected chi connectivity index (χ0v) is 20.3. The number of anilines is 1. The minimum absolute atomic E-state index is 0.0702. The van der Waals surface area contributed by atoms with E-state index in [0.717, 1.165) is 27.0 Å². The number of nitrogens with zero attached hydrogens (tertiary/aromatic N) is 5. The summed E-state index contributed by atoms with van der Waals surface area (Å²) in [4.78, 5) is 25.6. The van der Waals surface area contributed by atoms with E-state index in [2.05, 4.69) is 37.7 Å². The van der Waals surface area contributed by atoms with Crippen LogP contribution < -0.4 is 4.90 Å². The smallest absolute Gasteiger partial charge is 0.410 e. The fourth-order valence-electron chi connectivity index (χ4n) is 3.81. The van der Waals surface area contributed by atoms with Gasteiger partial charge in [-0.05, 0) is 61.8 Å². The van der Waals surface area contributed by atoms with Gasteiger partial charge < -0.3 is 14.5 Å². The zero-order chi connectivity index (χ0) is 22.3. The largest absolute Gasteiger partial charge is 0.444 e. The number of carbonyl (C=O) groups is 1. The highest BCUT2D eigenvalue weighted by atomic mass is 79.9. The minimum atomic E-state index is -0.510. The van der Waals surface area contributed by atoms with Crippen molar-refractivity contribution in [1.82, 2.24) is 19.4 Å². The van der Waals surface area contributed by atoms with E-state index in [1.54, 1.807) is 11.2 Å². The van der Waals surface area contributed by atoms with Crippen molar-refractivity contribution >= 4 is 50.5 Å². The second kappa shape index (κ2) is 8.31. The van der Waals surface area contributed by atoms with Crippen molar-refractivity contribution < 1.29 is 9.53 Å². The predicted molar refractivity (Wildman–Crippen MR) is 126 cm³/mol. The van der Waals surface area contributed by atoms with Crippen molar-refractivity contribution in [2.75, 3.05) is 24.5 Å². The Bertz CT molecular complexity index is 1130. The van der Waals surface area contributed by atoms with Gasteiger partial charge in [-0.2, -0.15) is 0 Å². The quantitative estimate of drug-likeness (QED) is 0.473. The van der Waals surface area contributed by atoms with Gasteiger partial charge in [-0.1, -0.05) is 17.7 Å². The van der Waals surface area contributed by atoms with Gasteiger partial charge >= 0.3 is 6.09 Å². The summed E-state index contributed by atoms with van der Waals surface area (Å²) in [6.07, 6.45) is 3.29. The molecule has 3 heterocycles. The Hall–Kier alpha value is -2.32. The highest BCUT2D eigenvalue weighted by Gasteiger charge is 2.32. The number of hydrogen-bond acceptors (Lipinski definition) is 5. The summed E-state index contributed by atoms with van der Waals surface area (Å²) in [5.74, 6) is 0.842. The average molecular weight is 507 g/mol. The molecular formula is C22H25BrClN5O2. The van der Waals surface area contributed by atoms with Crippen LogP contribution in [0.4, 0.5) is 10.6 Å². The van der Waals surface area contributed by atoms with E-state index in [0.29, 0.717) is 24.7 Å². The van der Waals surface area contributed by atoms with Gasteiger partial charge in [-0.15, -0.1) is 0 Å². The van der Waals surface area contributed by atoms with E-state index in [9.17, 15) is 4.79 Å². The van der Waals surface area contributed by atoms with Crippen molar-refractivity contribution in [3.63, 3.8) is 0 Å². The monoisotopic (exact) mass is 505 g/mol. The maximum absolute atomic E-state index is 12.5. The van der Waals surface area contributed by atoms with E-state index >= 15 is 0 Å². The molecule has 7 nitrogen and oxygen atoms in total. The van der Waals surface area contributed by atoms with Crippen LogP contribution in [0.5, 0.6) is 0 Å². The number of halogens is 2. The topological polar surface area (TPSA) is 63.5 Å². The van der Waals surface area contributed by atoms with Crippen molar-refractivity contribution in [1.29, 1.82) is 0 Å². The van der Waals surface area contributed by atoms with E-state index < -0.39 is 5.60 Å². The summed E-state index contributed by atoms with van der Waals surface area (Å²) >= 11 is 9.89. The number of piperazine rings is 1. The molecule has 0 N–H and O–H groups in total. The SMILES string of the molecule is CC1CN(C(=O)OC(C)(C)C)CCN1c1ncnc2c1c(Br)cn2-c1cccc(Cl)c1. The third-order valence-electron chi connectivity index (χ3n) is 5.15. The van der Waals surface area contributed by atoms with Gasteiger partial charge in [0, 0.05) is 47.1 Å². The van der Waals surface area contributed by atoms with Crippen LogP contribution in [-0.2, 0) is 4.74 Å². The van der Waals surface area contributed by atoms with Gasteiger partial charge in [0.1, 0.15) is 17.7 Å². The highest BCUT2D eigenvalue weighted by Crippen LogP contribution is 2.35. The van der Waals surface area contributed by atoms with Crippen molar-refractivity contribution in [3.05, 3.63) is 46.3 Å². The Morgan fingerprint density at radius 3 is 2.71 bits per heavy atom. The third-order valence-corrected chi connectivity index (χ3v) is 5.99. The average Bonchev–Trinajstić information content (AvgIpc) is 3.04. The maximum Gasteiger partial charge on any atom is 0.410 e. The number of hydrogen-bond donors (Lipinski definition) is 0. The lowest BCUT2D eigenvalue weighted by molar-refractivity contribution is 0.0218. The molecule has 0 spiro atoms. The number of benzene rings is 1. The summed E-state index contributed by atoms with van der Waals surface area (Å²) in [5, 5.41) is 1.59. The Kier molecular flexibility index (Phi) is 5.87. The molecule has 164 valence electrons. The lowest BCUT2D eigenvalue weighted by atomic mass is 10.1. The summed E-state index contributed by atoms with van der Waals surface area (Å²) in [5.41, 5.74) is 1.21. The predicted octanol–water partition coefficient (Wildman–Crippen LogP) is 5.28. The van der Waals surface area contributed by atoms with E-state index in [1.165, 1.54) is 0 Å². The summed E-state index contributed by atoms with van der Waals surface area (Å²) in [7, 11) is 0. The maximum atomic E-state index is 12.5. The standard InChI is InChI=1S/C22H25BrClN5O2/c1-14-11-27(21(30)31-22(2,3)4)8-9-28(14)19-18-17(23)12-29(20(18)26-13-25-19)16-7-5-6-15(24)10-16/h5-7,10,12-14H,8-9,11H2,1-4H3. The molecular weight excluding hydrogens is 482 g/mol. The lowest BCUT2D eigenvalue weighted by Gasteiger charge is -2.41. The van der Waals surface area contributed by atoms with Gasteiger partial charge in [0.05, 0.1) is 5.39 Å². The van der Waals surface area contributed by atoms with Crippen LogP contribution in [0.3, 0.4) is 0 Å². The molecule has 1 atom stereocenters. The molecule has 3 aromatic rings. The molecule has 0 saturated carbocycles. The highest BCUT2D eigenvalue weighted by molar-refractivity contribution is 9.10. The van der Waals surface area contributed by atoms with Crippen LogP contribution in [0.1, 0.15) is 27.7 Å². The molecule has 9 heteroatoms. The Balaban J connectivity index is 1.64. The first kappa shape index (κ1) is 21.9. The van der Waals surface area contributed by atoms with E-state index in [-0.39, 0.29) is 12.1 Å². The summed E-state index contributed by atoms with van der Waals surface area (Å²) < 4.78 is 8.44. The van der Waals surface area contributed by atoms with Crippen LogP contribution in [0, 0.1) is 0 Å². The molecule has 2 aromatic heterocycles. The Morgan fingerprint density at radius 2 is 2.03 bits per heavy atom. The van der Waals surface area contributed by atoms with Crippen molar-refractivity contribution in [2.24, 2.45) is 0 Å². The minimum Gasteiger partial charge on any atom is -0.444 e. The zero-order valence-electron chi connectivity index (χ0n) is 18.0. The number of amides is 1. The fourth-order valence-corrected chi connectivity index (χ4v) is 4.55. The molecule has 1 saturated heterocycles. The first-order valence-corrected chi connectivity index (χ1v) is 11.3. The van der Waals surface area contributed by atoms with Crippen LogP contribution in [-0.4, -0.2) is 56.8 Å². The van der Waals surface area contributed by atoms with E-state index in [1.807, 2.05) is 55.8 Å². The molecule has 1 aromatic carbocycles. The van der Waals surface area contributed by atoms with Gasteiger partial charge in [0.15, 0.2) is 5.65 Å². The molecule has 0 radical (unpaired) electrons. The van der Waals surface area contributed by atoms with Crippen molar-refractivity contribution in [2.45, 2.75) is 39.3 Å². The third kappa shape index (κ3) is 4.50. The second-order valence-corrected chi connectivity index (χ2v) is 9.98. The number of aromatic nitrogens is 3. The second-order valence-electron chi connectivity index (χ2n) is 8.69. The first-order valence-electron chi connectivity index (χ1n) is 10.2. The van der Waals surface area contributed by atoms with Gasteiger partial charge in [-0.25, -0.2) is 14.8 Å². The number of carbonyl (C=O) groups excluding carboxylic acids is 1.